The van der Waals surface area contributed by atoms with Gasteiger partial charge in [-0.3, -0.25) is 9.36 Å². The minimum Gasteiger partial charge on any atom is -0.337 e. The van der Waals surface area contributed by atoms with Crippen LogP contribution in [0.5, 0.6) is 0 Å². The van der Waals surface area contributed by atoms with Crippen LogP contribution in [0.4, 0.5) is 0 Å². The first-order chi connectivity index (χ1) is 11.7. The van der Waals surface area contributed by atoms with Crippen molar-refractivity contribution in [1.82, 2.24) is 29.0 Å². The van der Waals surface area contributed by atoms with Crippen LogP contribution in [0.25, 0.3) is 5.82 Å². The molecule has 1 fully saturated rings. The molecule has 122 valence electrons. The van der Waals surface area contributed by atoms with E-state index in [1.54, 1.807) is 41.6 Å². The highest BCUT2D eigenvalue weighted by atomic mass is 16.2. The van der Waals surface area contributed by atoms with E-state index in [4.69, 9.17) is 0 Å². The SMILES string of the molecule is Cn1ccnc1CN(C(=O)c1ccnc(-n2ccnc2)c1)C1CC1. The lowest BCUT2D eigenvalue weighted by Gasteiger charge is -2.22. The molecule has 24 heavy (non-hydrogen) atoms. The Labute approximate surface area is 139 Å². The van der Waals surface area contributed by atoms with Gasteiger partial charge in [-0.15, -0.1) is 0 Å². The van der Waals surface area contributed by atoms with Gasteiger partial charge < -0.3 is 9.47 Å². The van der Waals surface area contributed by atoms with Crippen molar-refractivity contribution >= 4 is 5.91 Å². The van der Waals surface area contributed by atoms with Gasteiger partial charge in [0.1, 0.15) is 18.0 Å². The second-order valence-electron chi connectivity index (χ2n) is 5.99. The molecule has 3 aromatic heterocycles. The van der Waals surface area contributed by atoms with Crippen molar-refractivity contribution in [2.75, 3.05) is 0 Å². The monoisotopic (exact) mass is 322 g/mol. The molecule has 0 bridgehead atoms. The van der Waals surface area contributed by atoms with E-state index >= 15 is 0 Å². The fraction of sp³-hybridized carbons (Fsp3) is 0.294. The first-order valence-electron chi connectivity index (χ1n) is 7.94. The number of aryl methyl sites for hydroxylation is 1. The molecule has 0 aliphatic heterocycles. The van der Waals surface area contributed by atoms with E-state index in [2.05, 4.69) is 15.0 Å². The lowest BCUT2D eigenvalue weighted by molar-refractivity contribution is 0.0724. The quantitative estimate of drug-likeness (QED) is 0.718. The van der Waals surface area contributed by atoms with Crippen LogP contribution < -0.4 is 0 Å². The first-order valence-corrected chi connectivity index (χ1v) is 7.94. The fourth-order valence-corrected chi connectivity index (χ4v) is 2.71. The Morgan fingerprint density at radius 2 is 2.12 bits per heavy atom. The van der Waals surface area contributed by atoms with Crippen LogP contribution in [0, 0.1) is 0 Å². The summed E-state index contributed by atoms with van der Waals surface area (Å²) in [5.41, 5.74) is 0.634. The summed E-state index contributed by atoms with van der Waals surface area (Å²) in [6.07, 6.45) is 12.6. The maximum Gasteiger partial charge on any atom is 0.254 e. The van der Waals surface area contributed by atoms with E-state index < -0.39 is 0 Å². The molecule has 7 nitrogen and oxygen atoms in total. The number of amides is 1. The standard InChI is InChI=1S/C17H18N6O/c1-21-8-7-20-16(21)11-23(14-2-3-14)17(24)13-4-5-19-15(10-13)22-9-6-18-12-22/h4-10,12,14H,2-3,11H2,1H3. The molecule has 1 amide bonds. The molecule has 0 spiro atoms. The second-order valence-corrected chi connectivity index (χ2v) is 5.99. The number of carbonyl (C=O) groups excluding carboxylic acids is 1. The van der Waals surface area contributed by atoms with Crippen molar-refractivity contribution in [2.45, 2.75) is 25.4 Å². The normalized spacial score (nSPS) is 13.9. The maximum atomic E-state index is 13.0. The van der Waals surface area contributed by atoms with Gasteiger partial charge in [-0.1, -0.05) is 0 Å². The highest BCUT2D eigenvalue weighted by Crippen LogP contribution is 2.29. The van der Waals surface area contributed by atoms with Crippen LogP contribution in [-0.4, -0.2) is 40.9 Å². The molecule has 4 rings (SSSR count). The lowest BCUT2D eigenvalue weighted by Crippen LogP contribution is -2.33. The van der Waals surface area contributed by atoms with E-state index in [1.165, 1.54) is 0 Å². The molecule has 0 aromatic carbocycles. The number of hydrogen-bond acceptors (Lipinski definition) is 4. The van der Waals surface area contributed by atoms with E-state index in [-0.39, 0.29) is 5.91 Å². The zero-order valence-corrected chi connectivity index (χ0v) is 13.4. The van der Waals surface area contributed by atoms with E-state index in [0.29, 0.717) is 24.0 Å². The Morgan fingerprint density at radius 1 is 1.25 bits per heavy atom. The Hall–Kier alpha value is -2.96. The molecule has 0 radical (unpaired) electrons. The van der Waals surface area contributed by atoms with Crippen molar-refractivity contribution in [3.05, 3.63) is 60.8 Å². The molecular weight excluding hydrogens is 304 g/mol. The van der Waals surface area contributed by atoms with Gasteiger partial charge in [-0.25, -0.2) is 15.0 Å². The predicted molar refractivity (Wildman–Crippen MR) is 87.5 cm³/mol. The zero-order chi connectivity index (χ0) is 16.5. The molecule has 7 heteroatoms. The zero-order valence-electron chi connectivity index (χ0n) is 13.4. The summed E-state index contributed by atoms with van der Waals surface area (Å²) >= 11 is 0. The van der Waals surface area contributed by atoms with E-state index in [1.807, 2.05) is 28.9 Å². The molecule has 3 heterocycles. The number of aromatic nitrogens is 5. The Kier molecular flexibility index (Phi) is 3.60. The highest BCUT2D eigenvalue weighted by molar-refractivity contribution is 5.94. The molecule has 0 unspecified atom stereocenters. The Morgan fingerprint density at radius 3 is 2.79 bits per heavy atom. The summed E-state index contributed by atoms with van der Waals surface area (Å²) in [6, 6.07) is 3.87. The van der Waals surface area contributed by atoms with Gasteiger partial charge in [0.05, 0.1) is 6.54 Å². The average molecular weight is 322 g/mol. The van der Waals surface area contributed by atoms with E-state index in [0.717, 1.165) is 18.7 Å². The number of hydrogen-bond donors (Lipinski definition) is 0. The Bertz CT molecular complexity index is 850. The largest absolute Gasteiger partial charge is 0.337 e. The molecule has 3 aromatic rings. The summed E-state index contributed by atoms with van der Waals surface area (Å²) < 4.78 is 3.74. The van der Waals surface area contributed by atoms with Gasteiger partial charge in [0.15, 0.2) is 0 Å². The van der Waals surface area contributed by atoms with Gasteiger partial charge in [0, 0.05) is 49.6 Å². The number of nitrogens with zero attached hydrogens (tertiary/aromatic N) is 6. The highest BCUT2D eigenvalue weighted by Gasteiger charge is 2.34. The topological polar surface area (TPSA) is 68.8 Å². The van der Waals surface area contributed by atoms with Gasteiger partial charge in [0.2, 0.25) is 0 Å². The lowest BCUT2D eigenvalue weighted by atomic mass is 10.2. The third-order valence-electron chi connectivity index (χ3n) is 4.24. The van der Waals surface area contributed by atoms with Crippen molar-refractivity contribution in [2.24, 2.45) is 7.05 Å². The van der Waals surface area contributed by atoms with Gasteiger partial charge in [0.25, 0.3) is 5.91 Å². The van der Waals surface area contributed by atoms with Crippen molar-refractivity contribution in [3.63, 3.8) is 0 Å². The van der Waals surface area contributed by atoms with Crippen LogP contribution in [0.2, 0.25) is 0 Å². The predicted octanol–water partition coefficient (Wildman–Crippen LogP) is 1.81. The minimum atomic E-state index is 0.0178. The van der Waals surface area contributed by atoms with Crippen molar-refractivity contribution < 1.29 is 4.79 Å². The number of imidazole rings is 2. The van der Waals surface area contributed by atoms with Crippen molar-refractivity contribution in [3.8, 4) is 5.82 Å². The molecular formula is C17H18N6O. The van der Waals surface area contributed by atoms with Crippen LogP contribution in [-0.2, 0) is 13.6 Å². The van der Waals surface area contributed by atoms with Crippen LogP contribution in [0.1, 0.15) is 29.0 Å². The number of rotatable bonds is 5. The smallest absolute Gasteiger partial charge is 0.254 e. The van der Waals surface area contributed by atoms with Crippen molar-refractivity contribution in [1.29, 1.82) is 0 Å². The van der Waals surface area contributed by atoms with Gasteiger partial charge in [-0.05, 0) is 25.0 Å². The molecule has 1 aliphatic carbocycles. The summed E-state index contributed by atoms with van der Waals surface area (Å²) in [5, 5.41) is 0. The summed E-state index contributed by atoms with van der Waals surface area (Å²) in [5.74, 6) is 1.59. The van der Waals surface area contributed by atoms with Crippen LogP contribution in [0.3, 0.4) is 0 Å². The molecule has 1 saturated carbocycles. The van der Waals surface area contributed by atoms with Crippen LogP contribution in [0.15, 0.2) is 49.4 Å². The number of carbonyl (C=O) groups is 1. The van der Waals surface area contributed by atoms with Gasteiger partial charge >= 0.3 is 0 Å². The summed E-state index contributed by atoms with van der Waals surface area (Å²) in [6.45, 7) is 0.524. The fourth-order valence-electron chi connectivity index (χ4n) is 2.71. The van der Waals surface area contributed by atoms with E-state index in [9.17, 15) is 4.79 Å². The average Bonchev–Trinajstić information content (AvgIpc) is 3.13. The third kappa shape index (κ3) is 2.80. The minimum absolute atomic E-state index is 0.0178. The van der Waals surface area contributed by atoms with Crippen LogP contribution >= 0.6 is 0 Å². The number of pyridine rings is 1. The summed E-state index contributed by atoms with van der Waals surface area (Å²) in [7, 11) is 1.95. The first kappa shape index (κ1) is 14.6. The molecule has 1 aliphatic rings. The maximum absolute atomic E-state index is 13.0. The Balaban J connectivity index is 1.61. The molecule has 0 saturated heterocycles. The summed E-state index contributed by atoms with van der Waals surface area (Å²) in [4.78, 5) is 27.6. The second kappa shape index (κ2) is 5.92. The third-order valence-corrected chi connectivity index (χ3v) is 4.24. The van der Waals surface area contributed by atoms with Gasteiger partial charge in [-0.2, -0.15) is 0 Å². The molecule has 0 N–H and O–H groups in total. The molecule has 0 atom stereocenters.